The summed E-state index contributed by atoms with van der Waals surface area (Å²) in [4.78, 5) is 39.6. The third kappa shape index (κ3) is 2.27. The summed E-state index contributed by atoms with van der Waals surface area (Å²) in [6.45, 7) is 5.37. The lowest BCUT2D eigenvalue weighted by atomic mass is 9.86. The van der Waals surface area contributed by atoms with Crippen LogP contribution in [0.25, 0.3) is 0 Å². The number of ether oxygens (including phenoxy) is 2. The van der Waals surface area contributed by atoms with Crippen LogP contribution in [0.2, 0.25) is 0 Å². The summed E-state index contributed by atoms with van der Waals surface area (Å²) < 4.78 is 11.5. The maximum atomic E-state index is 13.5. The van der Waals surface area contributed by atoms with Gasteiger partial charge in [-0.3, -0.25) is 14.4 Å². The van der Waals surface area contributed by atoms with E-state index >= 15 is 0 Å². The molecule has 1 saturated carbocycles. The van der Waals surface area contributed by atoms with E-state index in [-0.39, 0.29) is 12.4 Å². The van der Waals surface area contributed by atoms with E-state index in [1.807, 2.05) is 19.1 Å². The van der Waals surface area contributed by atoms with Gasteiger partial charge in [-0.25, -0.2) is 0 Å². The smallest absolute Gasteiger partial charge is 0.330 e. The maximum Gasteiger partial charge on any atom is 0.330 e. The summed E-state index contributed by atoms with van der Waals surface area (Å²) in [6, 6.07) is 12.3. The fraction of sp³-hybridized carbons (Fsp3) is 0.318. The van der Waals surface area contributed by atoms with Gasteiger partial charge >= 0.3 is 11.9 Å². The summed E-state index contributed by atoms with van der Waals surface area (Å²) in [5.41, 5.74) is -0.819. The van der Waals surface area contributed by atoms with Crippen LogP contribution in [0.3, 0.4) is 0 Å². The number of hydrogen-bond donors (Lipinski definition) is 0. The highest BCUT2D eigenvalue weighted by Crippen LogP contribution is 2.78. The molecule has 4 rings (SSSR count). The molecular weight excluding hydrogens is 424 g/mol. The fourth-order valence-electron chi connectivity index (χ4n) is 4.48. The molecule has 3 atom stereocenters. The minimum absolute atomic E-state index is 0.112. The van der Waals surface area contributed by atoms with E-state index in [9.17, 15) is 14.4 Å². The first kappa shape index (κ1) is 18.9. The zero-order valence-corrected chi connectivity index (χ0v) is 17.3. The zero-order valence-electron chi connectivity index (χ0n) is 15.7. The Balaban J connectivity index is 1.90. The van der Waals surface area contributed by atoms with Crippen molar-refractivity contribution in [3.8, 4) is 5.75 Å². The Morgan fingerprint density at radius 1 is 1.18 bits per heavy atom. The number of rotatable bonds is 4. The molecule has 1 fully saturated rings. The average molecular weight is 443 g/mol. The van der Waals surface area contributed by atoms with Crippen molar-refractivity contribution in [2.24, 2.45) is 10.8 Å². The minimum atomic E-state index is -1.67. The van der Waals surface area contributed by atoms with E-state index < -0.39 is 28.7 Å². The van der Waals surface area contributed by atoms with Crippen molar-refractivity contribution in [2.75, 3.05) is 6.61 Å². The van der Waals surface area contributed by atoms with Crippen molar-refractivity contribution in [2.45, 2.75) is 26.7 Å². The largest absolute Gasteiger partial charge is 0.465 e. The molecule has 2 aromatic carbocycles. The molecule has 0 spiro atoms. The van der Waals surface area contributed by atoms with E-state index in [0.29, 0.717) is 16.9 Å². The number of Topliss-reactive ketones (excluding diaryl/α,β-unsaturated/α-hetero) is 1. The molecule has 1 heterocycles. The highest BCUT2D eigenvalue weighted by molar-refractivity contribution is 9.10. The third-order valence-corrected chi connectivity index (χ3v) is 6.43. The molecule has 0 bridgehead atoms. The van der Waals surface area contributed by atoms with Crippen molar-refractivity contribution in [1.29, 1.82) is 0 Å². The summed E-state index contributed by atoms with van der Waals surface area (Å²) >= 11 is 3.42. The summed E-state index contributed by atoms with van der Waals surface area (Å²) in [6.07, 6.45) is 0. The van der Waals surface area contributed by atoms with Crippen molar-refractivity contribution in [1.82, 2.24) is 0 Å². The van der Waals surface area contributed by atoms with E-state index in [1.165, 1.54) is 0 Å². The van der Waals surface area contributed by atoms with Gasteiger partial charge in [0.15, 0.2) is 11.2 Å². The SMILES string of the molecule is CCOC(=O)[C@]12C(=O)Oc3ccc(Br)cc3[C@@H]1[C@@]2(C)C(=O)c1ccc(C)cc1. The number of aryl methyl sites for hydroxylation is 1. The minimum Gasteiger partial charge on any atom is -0.465 e. The van der Waals surface area contributed by atoms with Gasteiger partial charge in [0.1, 0.15) is 5.75 Å². The van der Waals surface area contributed by atoms with Crippen LogP contribution in [0.1, 0.15) is 41.3 Å². The molecule has 2 aromatic rings. The number of hydrogen-bond acceptors (Lipinski definition) is 5. The zero-order chi connectivity index (χ0) is 20.3. The van der Waals surface area contributed by atoms with E-state index in [4.69, 9.17) is 9.47 Å². The van der Waals surface area contributed by atoms with Crippen LogP contribution in [-0.2, 0) is 14.3 Å². The second-order valence-corrected chi connectivity index (χ2v) is 8.35. The number of fused-ring (bicyclic) bond motifs is 3. The molecule has 1 aliphatic heterocycles. The van der Waals surface area contributed by atoms with Gasteiger partial charge in [0, 0.05) is 21.5 Å². The molecule has 5 nitrogen and oxygen atoms in total. The predicted molar refractivity (Wildman–Crippen MR) is 105 cm³/mol. The predicted octanol–water partition coefficient (Wildman–Crippen LogP) is 4.21. The van der Waals surface area contributed by atoms with Crippen LogP contribution in [0.4, 0.5) is 0 Å². The number of ketones is 1. The second-order valence-electron chi connectivity index (χ2n) is 7.43. The number of carbonyl (C=O) groups is 3. The Kier molecular flexibility index (Phi) is 4.23. The average Bonchev–Trinajstić information content (AvgIpc) is 3.26. The molecule has 0 N–H and O–H groups in total. The van der Waals surface area contributed by atoms with Gasteiger partial charge < -0.3 is 9.47 Å². The number of benzene rings is 2. The van der Waals surface area contributed by atoms with Gasteiger partial charge in [0.25, 0.3) is 0 Å². The molecule has 6 heteroatoms. The van der Waals surface area contributed by atoms with Crippen molar-refractivity contribution in [3.63, 3.8) is 0 Å². The monoisotopic (exact) mass is 442 g/mol. The Hall–Kier alpha value is -2.47. The van der Waals surface area contributed by atoms with Gasteiger partial charge in [-0.05, 0) is 39.0 Å². The second kappa shape index (κ2) is 6.27. The lowest BCUT2D eigenvalue weighted by molar-refractivity contribution is -0.162. The first-order valence-electron chi connectivity index (χ1n) is 9.08. The summed E-state index contributed by atoms with van der Waals surface area (Å²) in [5, 5.41) is 0. The molecule has 0 aromatic heterocycles. The Bertz CT molecular complexity index is 1010. The van der Waals surface area contributed by atoms with Crippen molar-refractivity contribution >= 4 is 33.7 Å². The van der Waals surface area contributed by atoms with Gasteiger partial charge in [-0.2, -0.15) is 0 Å². The number of halogens is 1. The Labute approximate surface area is 171 Å². The fourth-order valence-corrected chi connectivity index (χ4v) is 4.86. The molecule has 0 amide bonds. The lowest BCUT2D eigenvalue weighted by Crippen LogP contribution is -2.40. The molecule has 0 saturated heterocycles. The van der Waals surface area contributed by atoms with Gasteiger partial charge in [0.05, 0.1) is 12.0 Å². The Morgan fingerprint density at radius 2 is 1.86 bits per heavy atom. The number of esters is 2. The van der Waals surface area contributed by atoms with Gasteiger partial charge in [0.2, 0.25) is 0 Å². The Morgan fingerprint density at radius 3 is 2.50 bits per heavy atom. The van der Waals surface area contributed by atoms with E-state index in [1.54, 1.807) is 44.2 Å². The standard InChI is InChI=1S/C22H19BrO5/c1-4-27-19(25)22-17(15-11-14(23)9-10-16(15)28-20(22)26)21(22,3)18(24)13-7-5-12(2)6-8-13/h5-11,17H,4H2,1-3H3/t17-,21+,22+/m1/s1. The first-order valence-corrected chi connectivity index (χ1v) is 9.88. The van der Waals surface area contributed by atoms with Crippen LogP contribution in [-0.4, -0.2) is 24.3 Å². The van der Waals surface area contributed by atoms with Gasteiger partial charge in [-0.1, -0.05) is 45.8 Å². The topological polar surface area (TPSA) is 69.7 Å². The normalized spacial score (nSPS) is 27.3. The van der Waals surface area contributed by atoms with Crippen LogP contribution >= 0.6 is 15.9 Å². The molecule has 1 aliphatic carbocycles. The van der Waals surface area contributed by atoms with Crippen LogP contribution in [0, 0.1) is 17.8 Å². The van der Waals surface area contributed by atoms with Crippen LogP contribution in [0.5, 0.6) is 5.75 Å². The highest BCUT2D eigenvalue weighted by Gasteiger charge is 2.89. The first-order chi connectivity index (χ1) is 13.3. The molecule has 144 valence electrons. The number of carbonyl (C=O) groups excluding carboxylic acids is 3. The van der Waals surface area contributed by atoms with Crippen LogP contribution in [0.15, 0.2) is 46.9 Å². The lowest BCUT2D eigenvalue weighted by Gasteiger charge is -2.22. The van der Waals surface area contributed by atoms with Gasteiger partial charge in [-0.15, -0.1) is 0 Å². The molecule has 2 aliphatic rings. The quantitative estimate of drug-likeness (QED) is 0.307. The molecular formula is C22H19BrO5. The summed E-state index contributed by atoms with van der Waals surface area (Å²) in [5.74, 6) is -1.97. The maximum absolute atomic E-state index is 13.5. The highest BCUT2D eigenvalue weighted by atomic mass is 79.9. The van der Waals surface area contributed by atoms with Crippen molar-refractivity contribution < 1.29 is 23.9 Å². The molecule has 28 heavy (non-hydrogen) atoms. The van der Waals surface area contributed by atoms with E-state index in [0.717, 1.165) is 10.0 Å². The molecule has 0 radical (unpaired) electrons. The van der Waals surface area contributed by atoms with Crippen LogP contribution < -0.4 is 4.74 Å². The third-order valence-electron chi connectivity index (χ3n) is 5.94. The molecule has 0 unspecified atom stereocenters. The summed E-state index contributed by atoms with van der Waals surface area (Å²) in [7, 11) is 0. The van der Waals surface area contributed by atoms with Crippen molar-refractivity contribution in [3.05, 3.63) is 63.6 Å². The van der Waals surface area contributed by atoms with E-state index in [2.05, 4.69) is 15.9 Å².